The van der Waals surface area contributed by atoms with Crippen LogP contribution in [0.4, 0.5) is 0 Å². The quantitative estimate of drug-likeness (QED) is 0.554. The Labute approximate surface area is 137 Å². The van der Waals surface area contributed by atoms with Crippen LogP contribution in [0.1, 0.15) is 11.3 Å². The number of hydrogen-bond acceptors (Lipinski definition) is 4. The summed E-state index contributed by atoms with van der Waals surface area (Å²) in [6.07, 6.45) is 0. The normalized spacial score (nSPS) is 10.8. The van der Waals surface area contributed by atoms with Gasteiger partial charge in [-0.05, 0) is 6.92 Å². The summed E-state index contributed by atoms with van der Waals surface area (Å²) in [6.45, 7) is 2.04. The predicted octanol–water partition coefficient (Wildman–Crippen LogP) is 4.30. The molecule has 0 saturated carbocycles. The van der Waals surface area contributed by atoms with Gasteiger partial charge in [-0.3, -0.25) is 0 Å². The summed E-state index contributed by atoms with van der Waals surface area (Å²) in [6, 6.07) is 20.2. The van der Waals surface area contributed by atoms with Crippen molar-refractivity contribution in [2.24, 2.45) is 0 Å². The highest BCUT2D eigenvalue weighted by atomic mass is 32.1. The molecule has 2 heterocycles. The second kappa shape index (κ2) is 5.34. The van der Waals surface area contributed by atoms with Crippen molar-refractivity contribution in [1.82, 2.24) is 14.6 Å². The Morgan fingerprint density at radius 3 is 2.43 bits per heavy atom. The van der Waals surface area contributed by atoms with E-state index in [9.17, 15) is 5.26 Å². The first kappa shape index (κ1) is 13.7. The van der Waals surface area contributed by atoms with E-state index in [0.29, 0.717) is 11.4 Å². The fourth-order valence-electron chi connectivity index (χ4n) is 2.46. The summed E-state index contributed by atoms with van der Waals surface area (Å²) in [5.74, 6) is 0. The lowest BCUT2D eigenvalue weighted by Gasteiger charge is -1.98. The number of fused-ring (bicyclic) bond motifs is 1. The topological polar surface area (TPSA) is 54.0 Å². The molecular formula is C18H12N4S. The van der Waals surface area contributed by atoms with Gasteiger partial charge < -0.3 is 0 Å². The lowest BCUT2D eigenvalue weighted by Crippen LogP contribution is -1.91. The third-order valence-corrected chi connectivity index (χ3v) is 4.61. The highest BCUT2D eigenvalue weighted by molar-refractivity contribution is 7.19. The van der Waals surface area contributed by atoms with Gasteiger partial charge in [0.1, 0.15) is 16.8 Å². The molecule has 0 unspecified atom stereocenters. The van der Waals surface area contributed by atoms with Gasteiger partial charge in [0.15, 0.2) is 5.69 Å². The second-order valence-electron chi connectivity index (χ2n) is 5.25. The maximum absolute atomic E-state index is 9.55. The number of nitriles is 1. The van der Waals surface area contributed by atoms with Crippen LogP contribution in [-0.2, 0) is 0 Å². The van der Waals surface area contributed by atoms with Crippen LogP contribution < -0.4 is 0 Å². The van der Waals surface area contributed by atoms with Crippen LogP contribution in [0.3, 0.4) is 0 Å². The van der Waals surface area contributed by atoms with Gasteiger partial charge in [0.05, 0.1) is 0 Å². The molecule has 4 aromatic rings. The van der Waals surface area contributed by atoms with Gasteiger partial charge in [-0.2, -0.15) is 14.9 Å². The molecule has 0 N–H and O–H groups in total. The molecule has 2 aromatic carbocycles. The van der Waals surface area contributed by atoms with Crippen molar-refractivity contribution < 1.29 is 0 Å². The first-order valence-corrected chi connectivity index (χ1v) is 8.00. The molecule has 4 nitrogen and oxygen atoms in total. The zero-order valence-corrected chi connectivity index (χ0v) is 13.2. The zero-order chi connectivity index (χ0) is 15.8. The molecule has 0 spiro atoms. The van der Waals surface area contributed by atoms with E-state index in [-0.39, 0.29) is 0 Å². The Morgan fingerprint density at radius 1 is 1.00 bits per heavy atom. The molecule has 2 aromatic heterocycles. The van der Waals surface area contributed by atoms with Gasteiger partial charge in [0, 0.05) is 11.1 Å². The van der Waals surface area contributed by atoms with Crippen molar-refractivity contribution in [2.75, 3.05) is 0 Å². The molecule has 0 aliphatic carbocycles. The number of benzene rings is 2. The molecule has 110 valence electrons. The molecule has 4 rings (SSSR count). The Kier molecular flexibility index (Phi) is 3.18. The summed E-state index contributed by atoms with van der Waals surface area (Å²) in [7, 11) is 0. The van der Waals surface area contributed by atoms with E-state index in [0.717, 1.165) is 21.1 Å². The van der Waals surface area contributed by atoms with Gasteiger partial charge in [0.25, 0.3) is 0 Å². The van der Waals surface area contributed by atoms with Crippen LogP contribution in [0.2, 0.25) is 0 Å². The monoisotopic (exact) mass is 316 g/mol. The van der Waals surface area contributed by atoms with E-state index < -0.39 is 0 Å². The molecule has 0 fully saturated rings. The van der Waals surface area contributed by atoms with E-state index in [2.05, 4.69) is 16.2 Å². The van der Waals surface area contributed by atoms with Crippen molar-refractivity contribution >= 4 is 16.3 Å². The van der Waals surface area contributed by atoms with Crippen molar-refractivity contribution in [3.8, 4) is 27.9 Å². The van der Waals surface area contributed by atoms with Gasteiger partial charge in [0.2, 0.25) is 4.96 Å². The van der Waals surface area contributed by atoms with Crippen molar-refractivity contribution in [1.29, 1.82) is 5.26 Å². The summed E-state index contributed by atoms with van der Waals surface area (Å²) in [5, 5.41) is 15.0. The Bertz CT molecular complexity index is 1020. The highest BCUT2D eigenvalue weighted by Crippen LogP contribution is 2.30. The van der Waals surface area contributed by atoms with E-state index in [1.165, 1.54) is 16.9 Å². The number of hydrogen-bond donors (Lipinski definition) is 0. The van der Waals surface area contributed by atoms with Crippen molar-refractivity contribution in [3.05, 3.63) is 65.9 Å². The molecule has 0 radical (unpaired) electrons. The number of imidazole rings is 1. The van der Waals surface area contributed by atoms with E-state index in [1.54, 1.807) is 4.52 Å². The molecule has 5 heteroatoms. The van der Waals surface area contributed by atoms with Crippen LogP contribution in [0, 0.1) is 18.3 Å². The third kappa shape index (κ3) is 2.30. The number of rotatable bonds is 2. The number of aromatic nitrogens is 3. The molecule has 0 bridgehead atoms. The number of aryl methyl sites for hydroxylation is 1. The molecule has 23 heavy (non-hydrogen) atoms. The average molecular weight is 316 g/mol. The Morgan fingerprint density at radius 2 is 1.74 bits per heavy atom. The summed E-state index contributed by atoms with van der Waals surface area (Å²) < 4.78 is 1.64. The third-order valence-electron chi connectivity index (χ3n) is 3.66. The minimum atomic E-state index is 0.474. The zero-order valence-electron chi connectivity index (χ0n) is 12.4. The minimum absolute atomic E-state index is 0.474. The molecule has 0 atom stereocenters. The smallest absolute Gasteiger partial charge is 0.214 e. The van der Waals surface area contributed by atoms with Crippen LogP contribution in [0.25, 0.3) is 26.8 Å². The van der Waals surface area contributed by atoms with Crippen LogP contribution in [-0.4, -0.2) is 14.6 Å². The molecule has 0 aliphatic heterocycles. The average Bonchev–Trinajstić information content (AvgIpc) is 3.14. The summed E-state index contributed by atoms with van der Waals surface area (Å²) >= 11 is 1.49. The van der Waals surface area contributed by atoms with E-state index in [1.807, 2.05) is 61.5 Å². The molecule has 0 amide bonds. The van der Waals surface area contributed by atoms with E-state index in [4.69, 9.17) is 0 Å². The molecule has 0 saturated heterocycles. The Hall–Kier alpha value is -2.97. The largest absolute Gasteiger partial charge is 0.216 e. The van der Waals surface area contributed by atoms with Crippen LogP contribution in [0.5, 0.6) is 0 Å². The first-order valence-electron chi connectivity index (χ1n) is 7.18. The maximum Gasteiger partial charge on any atom is 0.214 e. The lowest BCUT2D eigenvalue weighted by atomic mass is 10.1. The fourth-order valence-corrected chi connectivity index (χ4v) is 3.36. The van der Waals surface area contributed by atoms with Gasteiger partial charge in [-0.1, -0.05) is 71.5 Å². The fraction of sp³-hybridized carbons (Fsp3) is 0.0556. The van der Waals surface area contributed by atoms with Crippen LogP contribution >= 0.6 is 11.3 Å². The minimum Gasteiger partial charge on any atom is -0.216 e. The van der Waals surface area contributed by atoms with Crippen molar-refractivity contribution in [3.63, 3.8) is 0 Å². The number of nitrogens with zero attached hydrogens (tertiary/aromatic N) is 4. The summed E-state index contributed by atoms with van der Waals surface area (Å²) in [5.41, 5.74) is 4.31. The second-order valence-corrected chi connectivity index (χ2v) is 6.21. The SMILES string of the molecule is Cc1ccc(-c2nc3sc(-c4ccccc4)nn3c2C#N)cc1. The molecule has 0 aliphatic rings. The standard InChI is InChI=1S/C18H12N4S/c1-12-7-9-13(10-8-12)16-15(11-19)22-18(20-16)23-17(21-22)14-5-3-2-4-6-14/h2-10H,1H3. The summed E-state index contributed by atoms with van der Waals surface area (Å²) in [4.78, 5) is 5.36. The van der Waals surface area contributed by atoms with Crippen molar-refractivity contribution in [2.45, 2.75) is 6.92 Å². The predicted molar refractivity (Wildman–Crippen MR) is 91.2 cm³/mol. The Balaban J connectivity index is 1.88. The van der Waals surface area contributed by atoms with Gasteiger partial charge >= 0.3 is 0 Å². The van der Waals surface area contributed by atoms with Gasteiger partial charge in [-0.25, -0.2) is 4.98 Å². The highest BCUT2D eigenvalue weighted by Gasteiger charge is 2.18. The lowest BCUT2D eigenvalue weighted by molar-refractivity contribution is 0.960. The molecular weight excluding hydrogens is 304 g/mol. The van der Waals surface area contributed by atoms with Gasteiger partial charge in [-0.15, -0.1) is 0 Å². The van der Waals surface area contributed by atoms with Crippen LogP contribution in [0.15, 0.2) is 54.6 Å². The van der Waals surface area contributed by atoms with E-state index >= 15 is 0 Å². The maximum atomic E-state index is 9.55. The first-order chi connectivity index (χ1) is 11.3.